The Balaban J connectivity index is 2.59. The minimum Gasteiger partial charge on any atom is -0.295 e. The lowest BCUT2D eigenvalue weighted by Crippen LogP contribution is -2.03. The van der Waals surface area contributed by atoms with Gasteiger partial charge in [-0.1, -0.05) is 12.1 Å². The fourth-order valence-electron chi connectivity index (χ4n) is 1.39. The van der Waals surface area contributed by atoms with Crippen LogP contribution in [0.3, 0.4) is 0 Å². The standard InChI is InChI=1S/C11H9BrN2O/c1-8(15)11-6-13-7-14(11)10-5-3-2-4-9(10)12/h2-7H,1H3. The molecule has 2 aromatic rings. The minimum absolute atomic E-state index is 0.00301. The maximum atomic E-state index is 11.3. The van der Waals surface area contributed by atoms with Crippen molar-refractivity contribution in [1.82, 2.24) is 9.55 Å². The van der Waals surface area contributed by atoms with E-state index >= 15 is 0 Å². The number of halogens is 1. The van der Waals surface area contributed by atoms with E-state index in [2.05, 4.69) is 20.9 Å². The summed E-state index contributed by atoms with van der Waals surface area (Å²) in [6, 6.07) is 7.71. The van der Waals surface area contributed by atoms with Crippen molar-refractivity contribution in [3.8, 4) is 5.69 Å². The molecule has 0 saturated heterocycles. The second-order valence-electron chi connectivity index (χ2n) is 3.16. The molecule has 0 N–H and O–H groups in total. The summed E-state index contributed by atoms with van der Waals surface area (Å²) in [6.45, 7) is 1.53. The van der Waals surface area contributed by atoms with Crippen molar-refractivity contribution >= 4 is 21.7 Å². The van der Waals surface area contributed by atoms with E-state index in [0.29, 0.717) is 5.69 Å². The Morgan fingerprint density at radius 1 is 1.40 bits per heavy atom. The fourth-order valence-corrected chi connectivity index (χ4v) is 1.87. The lowest BCUT2D eigenvalue weighted by molar-refractivity contribution is 0.101. The highest BCUT2D eigenvalue weighted by molar-refractivity contribution is 9.10. The molecule has 0 atom stereocenters. The van der Waals surface area contributed by atoms with Crippen molar-refractivity contribution < 1.29 is 4.79 Å². The second kappa shape index (κ2) is 3.98. The number of rotatable bonds is 2. The molecule has 0 unspecified atom stereocenters. The molecule has 1 aromatic carbocycles. The van der Waals surface area contributed by atoms with Crippen LogP contribution in [-0.2, 0) is 0 Å². The van der Waals surface area contributed by atoms with E-state index in [1.165, 1.54) is 6.92 Å². The summed E-state index contributed by atoms with van der Waals surface area (Å²) in [5.41, 5.74) is 1.50. The van der Waals surface area contributed by atoms with Crippen molar-refractivity contribution in [2.24, 2.45) is 0 Å². The van der Waals surface area contributed by atoms with Crippen LogP contribution in [-0.4, -0.2) is 15.3 Å². The minimum atomic E-state index is 0.00301. The third kappa shape index (κ3) is 1.85. The van der Waals surface area contributed by atoms with Gasteiger partial charge in [0.1, 0.15) is 5.69 Å². The van der Waals surface area contributed by atoms with Crippen molar-refractivity contribution in [2.45, 2.75) is 6.92 Å². The van der Waals surface area contributed by atoms with Gasteiger partial charge in [0.2, 0.25) is 0 Å². The Morgan fingerprint density at radius 2 is 2.13 bits per heavy atom. The molecule has 0 saturated carbocycles. The number of para-hydroxylation sites is 1. The van der Waals surface area contributed by atoms with Crippen LogP contribution in [0.1, 0.15) is 17.4 Å². The average molecular weight is 265 g/mol. The first kappa shape index (κ1) is 10.1. The van der Waals surface area contributed by atoms with Crippen LogP contribution >= 0.6 is 15.9 Å². The second-order valence-corrected chi connectivity index (χ2v) is 4.01. The Morgan fingerprint density at radius 3 is 2.80 bits per heavy atom. The lowest BCUT2D eigenvalue weighted by Gasteiger charge is -2.07. The molecule has 1 aromatic heterocycles. The largest absolute Gasteiger partial charge is 0.295 e. The maximum absolute atomic E-state index is 11.3. The lowest BCUT2D eigenvalue weighted by atomic mass is 10.3. The van der Waals surface area contributed by atoms with Gasteiger partial charge in [0, 0.05) is 11.4 Å². The molecule has 1 heterocycles. The summed E-state index contributed by atoms with van der Waals surface area (Å²) >= 11 is 3.44. The molecule has 3 nitrogen and oxygen atoms in total. The van der Waals surface area contributed by atoms with Gasteiger partial charge < -0.3 is 0 Å². The van der Waals surface area contributed by atoms with Gasteiger partial charge in [-0.25, -0.2) is 4.98 Å². The Hall–Kier alpha value is -1.42. The number of aromatic nitrogens is 2. The van der Waals surface area contributed by atoms with E-state index in [0.717, 1.165) is 10.2 Å². The molecule has 0 aliphatic rings. The van der Waals surface area contributed by atoms with Gasteiger partial charge in [-0.3, -0.25) is 9.36 Å². The van der Waals surface area contributed by atoms with E-state index in [9.17, 15) is 4.79 Å². The first-order chi connectivity index (χ1) is 7.20. The zero-order chi connectivity index (χ0) is 10.8. The number of benzene rings is 1. The molecule has 15 heavy (non-hydrogen) atoms. The van der Waals surface area contributed by atoms with Gasteiger partial charge in [-0.15, -0.1) is 0 Å². The number of hydrogen-bond donors (Lipinski definition) is 0. The molecule has 0 aliphatic heterocycles. The zero-order valence-electron chi connectivity index (χ0n) is 8.14. The van der Waals surface area contributed by atoms with Crippen molar-refractivity contribution in [3.63, 3.8) is 0 Å². The topological polar surface area (TPSA) is 34.9 Å². The maximum Gasteiger partial charge on any atom is 0.178 e. The summed E-state index contributed by atoms with van der Waals surface area (Å²) in [6.07, 6.45) is 3.21. The zero-order valence-corrected chi connectivity index (χ0v) is 9.73. The van der Waals surface area contributed by atoms with Crippen LogP contribution in [0.25, 0.3) is 5.69 Å². The number of nitrogens with zero attached hydrogens (tertiary/aromatic N) is 2. The van der Waals surface area contributed by atoms with Gasteiger partial charge >= 0.3 is 0 Å². The summed E-state index contributed by atoms with van der Waals surface area (Å²) in [5.74, 6) is 0.00301. The van der Waals surface area contributed by atoms with Crippen molar-refractivity contribution in [2.75, 3.05) is 0 Å². The highest BCUT2D eigenvalue weighted by Gasteiger charge is 2.09. The number of imidazole rings is 1. The van der Waals surface area contributed by atoms with Crippen molar-refractivity contribution in [1.29, 1.82) is 0 Å². The van der Waals surface area contributed by atoms with E-state index in [1.54, 1.807) is 17.1 Å². The van der Waals surface area contributed by atoms with Gasteiger partial charge in [-0.2, -0.15) is 0 Å². The van der Waals surface area contributed by atoms with E-state index in [-0.39, 0.29) is 5.78 Å². The molecule has 0 aliphatic carbocycles. The van der Waals surface area contributed by atoms with Crippen LogP contribution in [0.2, 0.25) is 0 Å². The fraction of sp³-hybridized carbons (Fsp3) is 0.0909. The Kier molecular flexibility index (Phi) is 2.68. The number of ketones is 1. The van der Waals surface area contributed by atoms with E-state index in [1.807, 2.05) is 24.3 Å². The summed E-state index contributed by atoms with van der Waals surface area (Å²) < 4.78 is 2.71. The number of carbonyl (C=O) groups is 1. The number of carbonyl (C=O) groups excluding carboxylic acids is 1. The van der Waals surface area contributed by atoms with E-state index < -0.39 is 0 Å². The quantitative estimate of drug-likeness (QED) is 0.782. The van der Waals surface area contributed by atoms with Gasteiger partial charge in [-0.05, 0) is 28.1 Å². The Labute approximate surface area is 95.9 Å². The number of hydrogen-bond acceptors (Lipinski definition) is 2. The molecule has 0 amide bonds. The summed E-state index contributed by atoms with van der Waals surface area (Å²) in [7, 11) is 0. The average Bonchev–Trinajstić information content (AvgIpc) is 2.67. The molecule has 2 rings (SSSR count). The van der Waals surface area contributed by atoms with Gasteiger partial charge in [0.05, 0.1) is 18.2 Å². The molecular formula is C11H9BrN2O. The molecule has 0 spiro atoms. The predicted octanol–water partition coefficient (Wildman–Crippen LogP) is 2.84. The van der Waals surface area contributed by atoms with Crippen molar-refractivity contribution in [3.05, 3.63) is 47.0 Å². The first-order valence-corrected chi connectivity index (χ1v) is 5.27. The van der Waals surface area contributed by atoms with Crippen LogP contribution in [0.5, 0.6) is 0 Å². The predicted molar refractivity (Wildman–Crippen MR) is 61.3 cm³/mol. The van der Waals surface area contributed by atoms with E-state index in [4.69, 9.17) is 0 Å². The smallest absolute Gasteiger partial charge is 0.178 e. The van der Waals surface area contributed by atoms with Gasteiger partial charge in [0.25, 0.3) is 0 Å². The van der Waals surface area contributed by atoms with Crippen LogP contribution in [0.4, 0.5) is 0 Å². The highest BCUT2D eigenvalue weighted by Crippen LogP contribution is 2.21. The van der Waals surface area contributed by atoms with Crippen LogP contribution in [0.15, 0.2) is 41.3 Å². The van der Waals surface area contributed by atoms with Gasteiger partial charge in [0.15, 0.2) is 5.78 Å². The summed E-state index contributed by atoms with van der Waals surface area (Å²) in [5, 5.41) is 0. The third-order valence-electron chi connectivity index (χ3n) is 2.11. The molecule has 4 heteroatoms. The molecule has 0 radical (unpaired) electrons. The molecule has 0 fully saturated rings. The first-order valence-electron chi connectivity index (χ1n) is 4.48. The van der Waals surface area contributed by atoms with Crippen LogP contribution < -0.4 is 0 Å². The normalized spacial score (nSPS) is 10.3. The molecular weight excluding hydrogens is 256 g/mol. The summed E-state index contributed by atoms with van der Waals surface area (Å²) in [4.78, 5) is 15.3. The Bertz CT molecular complexity index is 505. The SMILES string of the molecule is CC(=O)c1cncn1-c1ccccc1Br. The molecule has 0 bridgehead atoms. The highest BCUT2D eigenvalue weighted by atomic mass is 79.9. The van der Waals surface area contributed by atoms with Crippen LogP contribution in [0, 0.1) is 0 Å². The third-order valence-corrected chi connectivity index (χ3v) is 2.78. The molecule has 76 valence electrons. The monoisotopic (exact) mass is 264 g/mol. The number of Topliss-reactive ketones (excluding diaryl/α,β-unsaturated/α-hetero) is 1.